The molecule has 0 amide bonds. The monoisotopic (exact) mass is 312 g/mol. The number of hydrogen-bond acceptors (Lipinski definition) is 4. The van der Waals surface area contributed by atoms with E-state index in [1.54, 1.807) is 0 Å². The van der Waals surface area contributed by atoms with Crippen molar-refractivity contribution >= 4 is 11.3 Å². The van der Waals surface area contributed by atoms with Crippen LogP contribution in [0.4, 0.5) is 0 Å². The number of aromatic nitrogens is 1. The summed E-state index contributed by atoms with van der Waals surface area (Å²) in [5, 5.41) is 4.62. The van der Waals surface area contributed by atoms with E-state index in [0.29, 0.717) is 0 Å². The maximum atomic E-state index is 6.00. The van der Waals surface area contributed by atoms with Gasteiger partial charge in [0.25, 0.3) is 0 Å². The van der Waals surface area contributed by atoms with Gasteiger partial charge in [0.05, 0.1) is 5.69 Å². The zero-order valence-electron chi connectivity index (χ0n) is 14.8. The smallest absolute Gasteiger partial charge is 0.125 e. The van der Waals surface area contributed by atoms with Crippen LogP contribution in [0.15, 0.2) is 0 Å². The molecule has 0 saturated heterocycles. The van der Waals surface area contributed by atoms with Crippen molar-refractivity contribution in [2.45, 2.75) is 78.9 Å². The molecule has 0 bridgehead atoms. The standard InChI is InChI=1S/C17H32N2OS/c1-8-11-18-12-13-14(16(4,5)6)19-15(21-13)17(7,9-2)20-10-3/h18H,8-12H2,1-7H3. The van der Waals surface area contributed by atoms with Crippen LogP contribution in [0.5, 0.6) is 0 Å². The highest BCUT2D eigenvalue weighted by atomic mass is 32.1. The maximum absolute atomic E-state index is 6.00. The van der Waals surface area contributed by atoms with Gasteiger partial charge in [-0.05, 0) is 33.2 Å². The molecule has 0 fully saturated rings. The summed E-state index contributed by atoms with van der Waals surface area (Å²) < 4.78 is 6.00. The minimum Gasteiger partial charge on any atom is -0.368 e. The third kappa shape index (κ3) is 4.76. The van der Waals surface area contributed by atoms with Crippen molar-refractivity contribution in [3.63, 3.8) is 0 Å². The van der Waals surface area contributed by atoms with E-state index >= 15 is 0 Å². The Morgan fingerprint density at radius 2 is 1.81 bits per heavy atom. The number of nitrogens with one attached hydrogen (secondary N) is 1. The predicted molar refractivity (Wildman–Crippen MR) is 92.1 cm³/mol. The van der Waals surface area contributed by atoms with E-state index in [1.807, 2.05) is 11.3 Å². The van der Waals surface area contributed by atoms with Gasteiger partial charge < -0.3 is 10.1 Å². The summed E-state index contributed by atoms with van der Waals surface area (Å²) in [5.74, 6) is 0. The van der Waals surface area contributed by atoms with Crippen molar-refractivity contribution in [1.82, 2.24) is 10.3 Å². The molecule has 1 unspecified atom stereocenters. The number of nitrogens with zero attached hydrogens (tertiary/aromatic N) is 1. The molecular weight excluding hydrogens is 280 g/mol. The second-order valence-electron chi connectivity index (χ2n) is 6.73. The van der Waals surface area contributed by atoms with Crippen LogP contribution < -0.4 is 5.32 Å². The lowest BCUT2D eigenvalue weighted by atomic mass is 9.91. The summed E-state index contributed by atoms with van der Waals surface area (Å²) in [6, 6.07) is 0. The molecule has 1 N–H and O–H groups in total. The van der Waals surface area contributed by atoms with Crippen LogP contribution in [0.3, 0.4) is 0 Å². The van der Waals surface area contributed by atoms with Gasteiger partial charge in [0.15, 0.2) is 0 Å². The molecule has 0 radical (unpaired) electrons. The number of ether oxygens (including phenoxy) is 1. The van der Waals surface area contributed by atoms with Crippen LogP contribution >= 0.6 is 11.3 Å². The zero-order chi connectivity index (χ0) is 16.1. The molecule has 0 aromatic carbocycles. The van der Waals surface area contributed by atoms with Crippen molar-refractivity contribution in [1.29, 1.82) is 0 Å². The molecule has 21 heavy (non-hydrogen) atoms. The first-order valence-electron chi connectivity index (χ1n) is 8.13. The zero-order valence-corrected chi connectivity index (χ0v) is 15.6. The van der Waals surface area contributed by atoms with E-state index in [1.165, 1.54) is 10.6 Å². The fraction of sp³-hybridized carbons (Fsp3) is 0.824. The van der Waals surface area contributed by atoms with Crippen LogP contribution in [-0.4, -0.2) is 18.1 Å². The highest BCUT2D eigenvalue weighted by molar-refractivity contribution is 7.11. The molecule has 0 aliphatic carbocycles. The molecule has 122 valence electrons. The fourth-order valence-electron chi connectivity index (χ4n) is 2.30. The Hall–Kier alpha value is -0.450. The Kier molecular flexibility index (Phi) is 6.82. The Morgan fingerprint density at radius 3 is 2.29 bits per heavy atom. The Labute approximate surface area is 134 Å². The van der Waals surface area contributed by atoms with E-state index in [9.17, 15) is 0 Å². The molecule has 0 aliphatic heterocycles. The molecule has 1 atom stereocenters. The van der Waals surface area contributed by atoms with Crippen LogP contribution in [0.1, 0.15) is 76.9 Å². The average Bonchev–Trinajstić information content (AvgIpc) is 2.84. The van der Waals surface area contributed by atoms with Crippen LogP contribution in [0, 0.1) is 0 Å². The van der Waals surface area contributed by atoms with Crippen LogP contribution in [-0.2, 0) is 22.3 Å². The topological polar surface area (TPSA) is 34.1 Å². The van der Waals surface area contributed by atoms with Crippen molar-refractivity contribution in [3.05, 3.63) is 15.6 Å². The Bertz CT molecular complexity index is 436. The summed E-state index contributed by atoms with van der Waals surface area (Å²) >= 11 is 1.81. The molecule has 0 spiro atoms. The molecule has 1 aromatic rings. The van der Waals surface area contributed by atoms with Gasteiger partial charge in [0.2, 0.25) is 0 Å². The summed E-state index contributed by atoms with van der Waals surface area (Å²) in [4.78, 5) is 6.33. The van der Waals surface area contributed by atoms with Crippen LogP contribution in [0.25, 0.3) is 0 Å². The SMILES string of the molecule is CCCNCc1sc(C(C)(CC)OCC)nc1C(C)(C)C. The van der Waals surface area contributed by atoms with Crippen molar-refractivity contribution < 1.29 is 4.74 Å². The molecule has 1 heterocycles. The second kappa shape index (κ2) is 7.70. The molecular formula is C17H32N2OS. The fourth-order valence-corrected chi connectivity index (χ4v) is 3.71. The van der Waals surface area contributed by atoms with Gasteiger partial charge in [0.1, 0.15) is 10.6 Å². The van der Waals surface area contributed by atoms with E-state index in [4.69, 9.17) is 9.72 Å². The maximum Gasteiger partial charge on any atom is 0.125 e. The van der Waals surface area contributed by atoms with Crippen molar-refractivity contribution in [2.75, 3.05) is 13.2 Å². The average molecular weight is 313 g/mol. The Balaban J connectivity index is 3.12. The molecule has 1 rings (SSSR count). The normalized spacial score (nSPS) is 15.2. The van der Waals surface area contributed by atoms with E-state index in [2.05, 4.69) is 53.8 Å². The van der Waals surface area contributed by atoms with Gasteiger partial charge in [0, 0.05) is 23.4 Å². The first-order chi connectivity index (χ1) is 9.78. The van der Waals surface area contributed by atoms with Crippen molar-refractivity contribution in [2.24, 2.45) is 0 Å². The quantitative estimate of drug-likeness (QED) is 0.712. The van der Waals surface area contributed by atoms with Crippen molar-refractivity contribution in [3.8, 4) is 0 Å². The lowest BCUT2D eigenvalue weighted by Crippen LogP contribution is -2.25. The first kappa shape index (κ1) is 18.6. The molecule has 4 heteroatoms. The predicted octanol–water partition coefficient (Wildman–Crippen LogP) is 4.60. The minimum atomic E-state index is -0.261. The number of rotatable bonds is 8. The molecule has 0 aliphatic rings. The lowest BCUT2D eigenvalue weighted by Gasteiger charge is -2.25. The van der Waals surface area contributed by atoms with Gasteiger partial charge in [-0.2, -0.15) is 0 Å². The second-order valence-corrected chi connectivity index (χ2v) is 7.82. The summed E-state index contributed by atoms with van der Waals surface area (Å²) in [5.41, 5.74) is 1.02. The van der Waals surface area contributed by atoms with E-state index < -0.39 is 0 Å². The van der Waals surface area contributed by atoms with Gasteiger partial charge >= 0.3 is 0 Å². The van der Waals surface area contributed by atoms with E-state index in [-0.39, 0.29) is 11.0 Å². The number of hydrogen-bond donors (Lipinski definition) is 1. The number of thiazole rings is 1. The molecule has 3 nitrogen and oxygen atoms in total. The van der Waals surface area contributed by atoms with Gasteiger partial charge in [-0.3, -0.25) is 0 Å². The summed E-state index contributed by atoms with van der Waals surface area (Å²) in [6.45, 7) is 18.0. The molecule has 0 saturated carbocycles. The van der Waals surface area contributed by atoms with Crippen LogP contribution in [0.2, 0.25) is 0 Å². The Morgan fingerprint density at radius 1 is 1.14 bits per heavy atom. The lowest BCUT2D eigenvalue weighted by molar-refractivity contribution is -0.0326. The highest BCUT2D eigenvalue weighted by Gasteiger charge is 2.32. The van der Waals surface area contributed by atoms with E-state index in [0.717, 1.165) is 37.5 Å². The van der Waals surface area contributed by atoms with Gasteiger partial charge in [-0.25, -0.2) is 4.98 Å². The summed E-state index contributed by atoms with van der Waals surface area (Å²) in [6.07, 6.45) is 2.10. The van der Waals surface area contributed by atoms with Gasteiger partial charge in [-0.1, -0.05) is 34.6 Å². The largest absolute Gasteiger partial charge is 0.368 e. The highest BCUT2D eigenvalue weighted by Crippen LogP contribution is 2.37. The summed E-state index contributed by atoms with van der Waals surface area (Å²) in [7, 11) is 0. The minimum absolute atomic E-state index is 0.0683. The van der Waals surface area contributed by atoms with Gasteiger partial charge in [-0.15, -0.1) is 11.3 Å². The third-order valence-electron chi connectivity index (χ3n) is 3.71. The molecule has 1 aromatic heterocycles. The first-order valence-corrected chi connectivity index (χ1v) is 8.95. The third-order valence-corrected chi connectivity index (χ3v) is 5.01.